The molecule has 0 amide bonds. The van der Waals surface area contributed by atoms with Gasteiger partial charge in [-0.15, -0.1) is 0 Å². The van der Waals surface area contributed by atoms with Crippen molar-refractivity contribution in [3.8, 4) is 11.1 Å². The van der Waals surface area contributed by atoms with Crippen LogP contribution in [-0.4, -0.2) is 22.7 Å². The summed E-state index contributed by atoms with van der Waals surface area (Å²) in [6.07, 6.45) is 0.705. The van der Waals surface area contributed by atoms with Gasteiger partial charge in [0.2, 0.25) is 0 Å². The predicted octanol–water partition coefficient (Wildman–Crippen LogP) is 1.39. The van der Waals surface area contributed by atoms with Crippen molar-refractivity contribution < 1.29 is 5.02 Å². The Morgan fingerprint density at radius 3 is 2.67 bits per heavy atom. The van der Waals surface area contributed by atoms with Crippen molar-refractivity contribution >= 4 is 23.7 Å². The van der Waals surface area contributed by atoms with E-state index in [9.17, 15) is 9.82 Å². The van der Waals surface area contributed by atoms with E-state index in [1.54, 1.807) is 6.07 Å². The number of fused-ring (bicyclic) bond motifs is 1. The Morgan fingerprint density at radius 2 is 2.00 bits per heavy atom. The highest BCUT2D eigenvalue weighted by atomic mass is 16.2. The summed E-state index contributed by atoms with van der Waals surface area (Å²) in [4.78, 5) is 12.2. The zero-order valence-corrected chi connectivity index (χ0v) is 11.6. The van der Waals surface area contributed by atoms with Crippen LogP contribution in [0.3, 0.4) is 0 Å². The molecule has 3 aromatic rings. The van der Waals surface area contributed by atoms with Crippen LogP contribution in [0.25, 0.3) is 21.9 Å². The highest BCUT2D eigenvalue weighted by molar-refractivity contribution is 6.46. The van der Waals surface area contributed by atoms with Crippen LogP contribution >= 0.6 is 0 Å². The fourth-order valence-electron chi connectivity index (χ4n) is 2.56. The number of hydrogen-bond acceptors (Lipinski definition) is 3. The molecule has 0 saturated carbocycles. The molecule has 0 bridgehead atoms. The van der Waals surface area contributed by atoms with Crippen LogP contribution in [0.2, 0.25) is 0 Å². The Morgan fingerprint density at radius 1 is 1.24 bits per heavy atom. The quantitative estimate of drug-likeness (QED) is 0.711. The second-order valence-corrected chi connectivity index (χ2v) is 4.84. The fraction of sp³-hybridized carbons (Fsp3) is 0.125. The number of nitrogens with zero attached hydrogens (tertiary/aromatic N) is 1. The molecule has 1 radical (unpaired) electrons. The second-order valence-electron chi connectivity index (χ2n) is 4.84. The van der Waals surface area contributed by atoms with Gasteiger partial charge >= 0.3 is 7.48 Å². The zero-order valence-electron chi connectivity index (χ0n) is 11.6. The Balaban J connectivity index is 2.45. The van der Waals surface area contributed by atoms with Crippen molar-refractivity contribution in [3.05, 3.63) is 58.5 Å². The molecule has 0 unspecified atom stereocenters. The minimum absolute atomic E-state index is 0.217. The summed E-state index contributed by atoms with van der Waals surface area (Å²) >= 11 is 0. The van der Waals surface area contributed by atoms with Gasteiger partial charge < -0.3 is 5.02 Å². The fourth-order valence-corrected chi connectivity index (χ4v) is 2.56. The van der Waals surface area contributed by atoms with Crippen molar-refractivity contribution in [3.63, 3.8) is 0 Å². The largest absolute Gasteiger partial charge is 0.450 e. The van der Waals surface area contributed by atoms with Crippen LogP contribution < -0.4 is 11.0 Å². The van der Waals surface area contributed by atoms with Crippen LogP contribution in [0.1, 0.15) is 12.6 Å². The minimum Gasteiger partial charge on any atom is -0.450 e. The first-order valence-corrected chi connectivity index (χ1v) is 6.82. The van der Waals surface area contributed by atoms with Crippen molar-refractivity contribution in [2.75, 3.05) is 0 Å². The molecule has 3 rings (SSSR count). The van der Waals surface area contributed by atoms with E-state index >= 15 is 0 Å². The first kappa shape index (κ1) is 13.6. The predicted molar refractivity (Wildman–Crippen MR) is 84.8 cm³/mol. The molecular weight excluding hydrogens is 263 g/mol. The summed E-state index contributed by atoms with van der Waals surface area (Å²) in [5.41, 5.74) is 2.98. The van der Waals surface area contributed by atoms with Gasteiger partial charge in [-0.1, -0.05) is 54.9 Å². The second kappa shape index (κ2) is 5.54. The van der Waals surface area contributed by atoms with Crippen LogP contribution in [-0.2, 0) is 6.42 Å². The number of aromatic nitrogens is 2. The van der Waals surface area contributed by atoms with E-state index in [0.29, 0.717) is 17.3 Å². The maximum Gasteiger partial charge on any atom is 0.326 e. The molecule has 1 heterocycles. The van der Waals surface area contributed by atoms with Crippen molar-refractivity contribution in [1.29, 1.82) is 0 Å². The molecule has 0 fully saturated rings. The van der Waals surface area contributed by atoms with Crippen molar-refractivity contribution in [1.82, 2.24) is 10.2 Å². The number of aryl methyl sites for hydroxylation is 1. The Kier molecular flexibility index (Phi) is 3.58. The van der Waals surface area contributed by atoms with E-state index in [-0.39, 0.29) is 5.56 Å². The molecule has 1 aromatic heterocycles. The van der Waals surface area contributed by atoms with Gasteiger partial charge in [0.15, 0.2) is 0 Å². The number of rotatable bonds is 3. The molecule has 0 aliphatic heterocycles. The minimum atomic E-state index is -0.217. The first-order chi connectivity index (χ1) is 10.2. The van der Waals surface area contributed by atoms with Gasteiger partial charge in [0, 0.05) is 5.39 Å². The number of hydrogen-bond donors (Lipinski definition) is 2. The Labute approximate surface area is 122 Å². The lowest BCUT2D eigenvalue weighted by Crippen LogP contribution is -2.18. The van der Waals surface area contributed by atoms with Gasteiger partial charge in [-0.25, -0.2) is 5.10 Å². The molecule has 103 valence electrons. The topological polar surface area (TPSA) is 66.0 Å². The van der Waals surface area contributed by atoms with Crippen LogP contribution in [0.4, 0.5) is 0 Å². The summed E-state index contributed by atoms with van der Waals surface area (Å²) in [7, 11) is 1.05. The maximum absolute atomic E-state index is 12.2. The molecule has 0 aliphatic carbocycles. The van der Waals surface area contributed by atoms with E-state index in [1.165, 1.54) is 0 Å². The Bertz CT molecular complexity index is 844. The number of benzene rings is 2. The van der Waals surface area contributed by atoms with Gasteiger partial charge in [-0.2, -0.15) is 5.10 Å². The van der Waals surface area contributed by atoms with Crippen molar-refractivity contribution in [2.24, 2.45) is 0 Å². The van der Waals surface area contributed by atoms with Crippen LogP contribution in [0.5, 0.6) is 0 Å². The third-order valence-electron chi connectivity index (χ3n) is 3.56. The molecule has 2 N–H and O–H groups in total. The molecule has 0 atom stereocenters. The lowest BCUT2D eigenvalue weighted by Gasteiger charge is -2.10. The molecule has 0 spiro atoms. The lowest BCUT2D eigenvalue weighted by molar-refractivity contribution is 0.615. The Hall–Kier alpha value is -2.40. The first-order valence-electron chi connectivity index (χ1n) is 6.82. The summed E-state index contributed by atoms with van der Waals surface area (Å²) in [5.74, 6) is 0. The maximum atomic E-state index is 12.2. The molecule has 21 heavy (non-hydrogen) atoms. The number of nitrogens with one attached hydrogen (secondary N) is 1. The van der Waals surface area contributed by atoms with Crippen LogP contribution in [0.15, 0.2) is 47.3 Å². The summed E-state index contributed by atoms with van der Waals surface area (Å²) < 4.78 is 0. The van der Waals surface area contributed by atoms with E-state index in [4.69, 9.17) is 0 Å². The van der Waals surface area contributed by atoms with E-state index < -0.39 is 0 Å². The molecule has 0 aliphatic rings. The number of aromatic amines is 1. The van der Waals surface area contributed by atoms with Crippen molar-refractivity contribution in [2.45, 2.75) is 13.3 Å². The SMILES string of the molecule is CCc1n[nH]c(=O)c2c(-c3ccccc3)cc([B]O)cc12. The van der Waals surface area contributed by atoms with E-state index in [2.05, 4.69) is 10.2 Å². The average molecular weight is 277 g/mol. The van der Waals surface area contributed by atoms with Crippen LogP contribution in [0, 0.1) is 0 Å². The van der Waals surface area contributed by atoms with Gasteiger partial charge in [-0.05, 0) is 17.5 Å². The summed E-state index contributed by atoms with van der Waals surface area (Å²) in [5, 5.41) is 17.4. The average Bonchev–Trinajstić information content (AvgIpc) is 2.55. The van der Waals surface area contributed by atoms with Gasteiger partial charge in [-0.3, -0.25) is 4.79 Å². The third kappa shape index (κ3) is 2.36. The monoisotopic (exact) mass is 277 g/mol. The molecular formula is C16H14BN2O2. The van der Waals surface area contributed by atoms with Gasteiger partial charge in [0.1, 0.15) is 0 Å². The molecule has 0 saturated heterocycles. The smallest absolute Gasteiger partial charge is 0.326 e. The highest BCUT2D eigenvalue weighted by Gasteiger charge is 2.13. The number of H-pyrrole nitrogens is 1. The highest BCUT2D eigenvalue weighted by Crippen LogP contribution is 2.26. The summed E-state index contributed by atoms with van der Waals surface area (Å²) in [6.45, 7) is 1.98. The third-order valence-corrected chi connectivity index (χ3v) is 3.56. The summed E-state index contributed by atoms with van der Waals surface area (Å²) in [6, 6.07) is 13.3. The lowest BCUT2D eigenvalue weighted by atomic mass is 9.83. The molecule has 5 heteroatoms. The molecule has 4 nitrogen and oxygen atoms in total. The normalized spacial score (nSPS) is 10.8. The van der Waals surface area contributed by atoms with Gasteiger partial charge in [0.25, 0.3) is 5.56 Å². The standard InChI is InChI=1S/C16H14BN2O2/c1-2-14-13-9-11(17-21)8-12(10-6-4-3-5-7-10)15(13)16(20)19-18-14/h3-9,21H,2H2,1H3,(H,19,20). The van der Waals surface area contributed by atoms with E-state index in [1.807, 2.05) is 43.3 Å². The van der Waals surface area contributed by atoms with Gasteiger partial charge in [0.05, 0.1) is 11.1 Å². The molecule has 2 aromatic carbocycles. The zero-order chi connectivity index (χ0) is 14.8. The van der Waals surface area contributed by atoms with E-state index in [0.717, 1.165) is 29.7 Å².